The normalized spacial score (nSPS) is 17.3. The van der Waals surface area contributed by atoms with Gasteiger partial charge in [-0.15, -0.1) is 11.3 Å². The number of thiophene rings is 1. The minimum atomic E-state index is -0.258. The Kier molecular flexibility index (Phi) is 4.94. The number of nitrogens with zero attached hydrogens (tertiary/aromatic N) is 3. The Morgan fingerprint density at radius 1 is 1.42 bits per heavy atom. The van der Waals surface area contributed by atoms with Crippen LogP contribution in [0.5, 0.6) is 0 Å². The van der Waals surface area contributed by atoms with Crippen molar-refractivity contribution in [2.45, 2.75) is 26.4 Å². The van der Waals surface area contributed by atoms with Gasteiger partial charge in [0, 0.05) is 31.1 Å². The second-order valence-corrected chi connectivity index (χ2v) is 7.22. The van der Waals surface area contributed by atoms with E-state index in [1.54, 1.807) is 27.3 Å². The summed E-state index contributed by atoms with van der Waals surface area (Å²) in [4.78, 5) is 33.8. The summed E-state index contributed by atoms with van der Waals surface area (Å²) in [5.74, 6) is -0.189. The van der Waals surface area contributed by atoms with Crippen molar-refractivity contribution < 1.29 is 9.59 Å². The first-order valence-corrected chi connectivity index (χ1v) is 8.88. The van der Waals surface area contributed by atoms with E-state index in [-0.39, 0.29) is 17.7 Å². The summed E-state index contributed by atoms with van der Waals surface area (Å²) in [6.07, 6.45) is 2.01. The molecule has 3 heterocycles. The second kappa shape index (κ2) is 7.13. The lowest BCUT2D eigenvalue weighted by molar-refractivity contribution is -0.135. The molecule has 5 nitrogen and oxygen atoms in total. The number of hydrogen-bond donors (Lipinski definition) is 0. The first-order valence-electron chi connectivity index (χ1n) is 8.00. The lowest BCUT2D eigenvalue weighted by Gasteiger charge is -2.21. The molecular weight excluding hydrogens is 322 g/mol. The zero-order valence-electron chi connectivity index (χ0n) is 13.9. The van der Waals surface area contributed by atoms with Crippen LogP contribution in [-0.2, 0) is 22.7 Å². The quantitative estimate of drug-likeness (QED) is 0.838. The Hall–Kier alpha value is -2.21. The Bertz CT molecular complexity index is 729. The molecule has 2 aromatic heterocycles. The molecule has 6 heteroatoms. The van der Waals surface area contributed by atoms with Gasteiger partial charge >= 0.3 is 0 Å². The van der Waals surface area contributed by atoms with Crippen LogP contribution in [0.25, 0.3) is 0 Å². The topological polar surface area (TPSA) is 53.5 Å². The summed E-state index contributed by atoms with van der Waals surface area (Å²) in [6, 6.07) is 7.71. The van der Waals surface area contributed by atoms with E-state index in [0.29, 0.717) is 26.1 Å². The van der Waals surface area contributed by atoms with Crippen LogP contribution in [0.1, 0.15) is 22.6 Å². The van der Waals surface area contributed by atoms with E-state index in [1.807, 2.05) is 30.6 Å². The van der Waals surface area contributed by atoms with Gasteiger partial charge < -0.3 is 9.80 Å². The number of hydrogen-bond acceptors (Lipinski definition) is 4. The SMILES string of the molecule is Cc1ccsc1CN(C)C(=O)C1CC(=O)N(Cc2ccccn2)C1. The van der Waals surface area contributed by atoms with E-state index in [2.05, 4.69) is 18.0 Å². The average molecular weight is 343 g/mol. The summed E-state index contributed by atoms with van der Waals surface area (Å²) in [7, 11) is 1.81. The van der Waals surface area contributed by atoms with Crippen LogP contribution in [-0.4, -0.2) is 40.2 Å². The minimum absolute atomic E-state index is 0.0275. The Labute approximate surface area is 145 Å². The van der Waals surface area contributed by atoms with Crippen LogP contribution in [0.2, 0.25) is 0 Å². The predicted octanol–water partition coefficient (Wildman–Crippen LogP) is 2.46. The highest BCUT2D eigenvalue weighted by Gasteiger charge is 2.35. The van der Waals surface area contributed by atoms with E-state index >= 15 is 0 Å². The van der Waals surface area contributed by atoms with Gasteiger partial charge in [0.1, 0.15) is 0 Å². The third-order valence-electron chi connectivity index (χ3n) is 4.37. The van der Waals surface area contributed by atoms with Crippen molar-refractivity contribution in [3.8, 4) is 0 Å². The number of pyridine rings is 1. The van der Waals surface area contributed by atoms with Gasteiger partial charge in [-0.25, -0.2) is 0 Å². The molecule has 1 aliphatic heterocycles. The molecule has 1 atom stereocenters. The van der Waals surface area contributed by atoms with Crippen LogP contribution in [0.3, 0.4) is 0 Å². The predicted molar refractivity (Wildman–Crippen MR) is 93.3 cm³/mol. The molecule has 3 rings (SSSR count). The fourth-order valence-electron chi connectivity index (χ4n) is 2.95. The lowest BCUT2D eigenvalue weighted by Crippen LogP contribution is -2.34. The van der Waals surface area contributed by atoms with Crippen LogP contribution >= 0.6 is 11.3 Å². The molecular formula is C18H21N3O2S. The monoisotopic (exact) mass is 343 g/mol. The zero-order chi connectivity index (χ0) is 17.1. The van der Waals surface area contributed by atoms with Crippen molar-refractivity contribution in [1.29, 1.82) is 0 Å². The second-order valence-electron chi connectivity index (χ2n) is 6.22. The highest BCUT2D eigenvalue weighted by atomic mass is 32.1. The summed E-state index contributed by atoms with van der Waals surface area (Å²) in [6.45, 7) is 3.60. The van der Waals surface area contributed by atoms with Crippen molar-refractivity contribution >= 4 is 23.2 Å². The van der Waals surface area contributed by atoms with E-state index < -0.39 is 0 Å². The molecule has 0 spiro atoms. The number of rotatable bonds is 5. The Balaban J connectivity index is 1.60. The van der Waals surface area contributed by atoms with Gasteiger partial charge in [0.05, 0.1) is 24.7 Å². The van der Waals surface area contributed by atoms with Crippen molar-refractivity contribution in [3.63, 3.8) is 0 Å². The number of aromatic nitrogens is 1. The smallest absolute Gasteiger partial charge is 0.228 e. The van der Waals surface area contributed by atoms with Gasteiger partial charge in [-0.05, 0) is 36.1 Å². The molecule has 1 unspecified atom stereocenters. The average Bonchev–Trinajstić information content (AvgIpc) is 3.14. The minimum Gasteiger partial charge on any atom is -0.340 e. The molecule has 0 aromatic carbocycles. The van der Waals surface area contributed by atoms with Gasteiger partial charge in [0.2, 0.25) is 11.8 Å². The third kappa shape index (κ3) is 3.64. The fraction of sp³-hybridized carbons (Fsp3) is 0.389. The molecule has 24 heavy (non-hydrogen) atoms. The molecule has 1 saturated heterocycles. The number of carbonyl (C=O) groups excluding carboxylic acids is 2. The van der Waals surface area contributed by atoms with Gasteiger partial charge in [0.15, 0.2) is 0 Å². The summed E-state index contributed by atoms with van der Waals surface area (Å²) in [5.41, 5.74) is 2.06. The molecule has 0 radical (unpaired) electrons. The lowest BCUT2D eigenvalue weighted by atomic mass is 10.1. The number of aryl methyl sites for hydroxylation is 1. The number of amides is 2. The molecule has 0 bridgehead atoms. The van der Waals surface area contributed by atoms with E-state index in [4.69, 9.17) is 0 Å². The summed E-state index contributed by atoms with van der Waals surface area (Å²) < 4.78 is 0. The maximum Gasteiger partial charge on any atom is 0.228 e. The van der Waals surface area contributed by atoms with Gasteiger partial charge in [0.25, 0.3) is 0 Å². The summed E-state index contributed by atoms with van der Waals surface area (Å²) in [5, 5.41) is 2.04. The Morgan fingerprint density at radius 3 is 2.92 bits per heavy atom. The van der Waals surface area contributed by atoms with Crippen molar-refractivity contribution in [3.05, 3.63) is 52.0 Å². The maximum atomic E-state index is 12.7. The van der Waals surface area contributed by atoms with Gasteiger partial charge in [-0.3, -0.25) is 14.6 Å². The van der Waals surface area contributed by atoms with Crippen LogP contribution < -0.4 is 0 Å². The van der Waals surface area contributed by atoms with Gasteiger partial charge in [-0.1, -0.05) is 6.07 Å². The van der Waals surface area contributed by atoms with E-state index in [9.17, 15) is 9.59 Å². The highest BCUT2D eigenvalue weighted by Crippen LogP contribution is 2.23. The summed E-state index contributed by atoms with van der Waals surface area (Å²) >= 11 is 1.66. The van der Waals surface area contributed by atoms with Gasteiger partial charge in [-0.2, -0.15) is 0 Å². The maximum absolute atomic E-state index is 12.7. The fourth-order valence-corrected chi connectivity index (χ4v) is 3.91. The molecule has 2 amide bonds. The molecule has 0 saturated carbocycles. The molecule has 1 aliphatic rings. The zero-order valence-corrected chi connectivity index (χ0v) is 14.8. The number of likely N-dealkylation sites (tertiary alicyclic amines) is 1. The molecule has 126 valence electrons. The number of carbonyl (C=O) groups is 2. The van der Waals surface area contributed by atoms with Crippen molar-refractivity contribution in [1.82, 2.24) is 14.8 Å². The van der Waals surface area contributed by atoms with E-state index in [0.717, 1.165) is 5.69 Å². The largest absolute Gasteiger partial charge is 0.340 e. The first kappa shape index (κ1) is 16.6. The molecule has 2 aromatic rings. The molecule has 0 N–H and O–H groups in total. The van der Waals surface area contributed by atoms with Crippen molar-refractivity contribution in [2.75, 3.05) is 13.6 Å². The highest BCUT2D eigenvalue weighted by molar-refractivity contribution is 7.10. The standard InChI is InChI=1S/C18H21N3O2S/c1-13-6-8-24-16(13)12-20(2)18(23)14-9-17(22)21(10-14)11-15-5-3-4-7-19-15/h3-8,14H,9-12H2,1-2H3. The molecule has 1 fully saturated rings. The van der Waals surface area contributed by atoms with Crippen LogP contribution in [0, 0.1) is 12.8 Å². The Morgan fingerprint density at radius 2 is 2.25 bits per heavy atom. The van der Waals surface area contributed by atoms with Crippen LogP contribution in [0.4, 0.5) is 0 Å². The van der Waals surface area contributed by atoms with E-state index in [1.165, 1.54) is 10.4 Å². The van der Waals surface area contributed by atoms with Crippen molar-refractivity contribution in [2.24, 2.45) is 5.92 Å². The molecule has 0 aliphatic carbocycles. The van der Waals surface area contributed by atoms with Crippen LogP contribution in [0.15, 0.2) is 35.8 Å². The third-order valence-corrected chi connectivity index (χ3v) is 5.38. The first-order chi connectivity index (χ1) is 11.5.